The molecule has 0 aliphatic rings. The molecule has 0 aliphatic heterocycles. The van der Waals surface area contributed by atoms with Crippen molar-refractivity contribution in [3.63, 3.8) is 0 Å². The van der Waals surface area contributed by atoms with Crippen LogP contribution in [0.25, 0.3) is 0 Å². The molecule has 0 spiro atoms. The fourth-order valence-electron chi connectivity index (χ4n) is 1.81. The number of carbonyl (C=O) groups excluding carboxylic acids is 1. The molecule has 0 heterocycles. The number of rotatable bonds is 6. The largest absolute Gasteiger partial charge is 0.295 e. The highest BCUT2D eigenvalue weighted by atomic mass is 32.2. The van der Waals surface area contributed by atoms with Gasteiger partial charge in [-0.25, -0.2) is 16.8 Å². The number of hydrogen-bond acceptors (Lipinski definition) is 5. The summed E-state index contributed by atoms with van der Waals surface area (Å²) in [5, 5.41) is 0. The van der Waals surface area contributed by atoms with Crippen molar-refractivity contribution < 1.29 is 21.6 Å². The molecule has 0 amide bonds. The summed E-state index contributed by atoms with van der Waals surface area (Å²) in [6.45, 7) is 3.16. The average Bonchev–Trinajstić information content (AvgIpc) is 2.54. The van der Waals surface area contributed by atoms with Crippen LogP contribution < -0.4 is 9.66 Å². The van der Waals surface area contributed by atoms with E-state index in [1.54, 1.807) is 19.1 Å². The topological polar surface area (TPSA) is 109 Å². The Morgan fingerprint density at radius 2 is 1.12 bits per heavy atom. The lowest BCUT2D eigenvalue weighted by Crippen LogP contribution is -2.41. The van der Waals surface area contributed by atoms with Gasteiger partial charge in [-0.1, -0.05) is 29.8 Å². The molecule has 0 saturated carbocycles. The monoisotopic (exact) mass is 368 g/mol. The molecule has 0 aromatic heterocycles. The van der Waals surface area contributed by atoms with Crippen molar-refractivity contribution in [2.45, 2.75) is 23.6 Å². The molecule has 0 saturated heterocycles. The molecule has 0 atom stereocenters. The molecule has 128 valence electrons. The summed E-state index contributed by atoms with van der Waals surface area (Å²) in [6.07, 6.45) is 0. The average molecular weight is 368 g/mol. The van der Waals surface area contributed by atoms with Crippen molar-refractivity contribution in [2.75, 3.05) is 0 Å². The Kier molecular flexibility index (Phi) is 5.19. The molecule has 2 rings (SSSR count). The zero-order valence-electron chi connectivity index (χ0n) is 13.0. The molecule has 2 N–H and O–H groups in total. The summed E-state index contributed by atoms with van der Waals surface area (Å²) in [7, 11) is -8.14. The van der Waals surface area contributed by atoms with E-state index in [9.17, 15) is 21.6 Å². The molecule has 0 bridgehead atoms. The summed E-state index contributed by atoms with van der Waals surface area (Å²) in [5.74, 6) is -0.202. The normalized spacial score (nSPS) is 12.1. The number of ketones is 1. The molecule has 0 fully saturated rings. The lowest BCUT2D eigenvalue weighted by atomic mass is 10.2. The van der Waals surface area contributed by atoms with Crippen molar-refractivity contribution in [1.82, 2.24) is 9.66 Å². The first-order chi connectivity index (χ1) is 11.1. The van der Waals surface area contributed by atoms with Gasteiger partial charge in [0.25, 0.3) is 20.0 Å². The molecule has 2 aromatic carbocycles. The Hall–Kier alpha value is -2.07. The first-order valence-corrected chi connectivity index (χ1v) is 9.80. The molecule has 2 aromatic rings. The van der Waals surface area contributed by atoms with Gasteiger partial charge in [0.2, 0.25) is 0 Å². The number of sulfonamides is 2. The number of Topliss-reactive ketones (excluding diaryl/α,β-unsaturated/α-hetero) is 1. The van der Waals surface area contributed by atoms with E-state index in [0.717, 1.165) is 5.56 Å². The summed E-state index contributed by atoms with van der Waals surface area (Å²) in [4.78, 5) is 14.6. The highest BCUT2D eigenvalue weighted by molar-refractivity contribution is 7.92. The number of hydrogen-bond donors (Lipinski definition) is 2. The van der Waals surface area contributed by atoms with Gasteiger partial charge in [0.05, 0.1) is 9.79 Å². The lowest BCUT2D eigenvalue weighted by Gasteiger charge is -2.10. The first-order valence-electron chi connectivity index (χ1n) is 6.83. The fraction of sp³-hybridized carbons (Fsp3) is 0.133. The molecular weight excluding hydrogens is 352 g/mol. The third-order valence-corrected chi connectivity index (χ3v) is 5.87. The molecule has 24 heavy (non-hydrogen) atoms. The van der Waals surface area contributed by atoms with E-state index in [0.29, 0.717) is 5.56 Å². The van der Waals surface area contributed by atoms with Crippen LogP contribution in [0.3, 0.4) is 0 Å². The van der Waals surface area contributed by atoms with Gasteiger partial charge in [-0.3, -0.25) is 4.79 Å². The molecule has 9 heteroatoms. The maximum absolute atomic E-state index is 12.1. The van der Waals surface area contributed by atoms with Crippen LogP contribution in [0.1, 0.15) is 22.8 Å². The second-order valence-corrected chi connectivity index (χ2v) is 8.47. The Balaban J connectivity index is 2.17. The smallest absolute Gasteiger partial charge is 0.254 e. The zero-order valence-corrected chi connectivity index (χ0v) is 14.6. The van der Waals surface area contributed by atoms with Gasteiger partial charge in [0.1, 0.15) is 0 Å². The third-order valence-electron chi connectivity index (χ3n) is 3.21. The van der Waals surface area contributed by atoms with Crippen LogP contribution in [0.15, 0.2) is 58.3 Å². The van der Waals surface area contributed by atoms with E-state index in [1.807, 2.05) is 9.66 Å². The highest BCUT2D eigenvalue weighted by Gasteiger charge is 2.19. The van der Waals surface area contributed by atoms with Gasteiger partial charge < -0.3 is 0 Å². The second-order valence-electron chi connectivity index (χ2n) is 5.10. The van der Waals surface area contributed by atoms with E-state index < -0.39 is 20.0 Å². The van der Waals surface area contributed by atoms with Crippen LogP contribution in [0.4, 0.5) is 0 Å². The molecule has 0 unspecified atom stereocenters. The minimum Gasteiger partial charge on any atom is -0.295 e. The van der Waals surface area contributed by atoms with Crippen molar-refractivity contribution in [1.29, 1.82) is 0 Å². The van der Waals surface area contributed by atoms with E-state index in [-0.39, 0.29) is 15.6 Å². The number of hydrazine groups is 1. The van der Waals surface area contributed by atoms with Crippen LogP contribution in [0, 0.1) is 6.92 Å². The third kappa shape index (κ3) is 4.26. The van der Waals surface area contributed by atoms with Crippen molar-refractivity contribution in [3.8, 4) is 0 Å². The Morgan fingerprint density at radius 3 is 1.50 bits per heavy atom. The predicted molar refractivity (Wildman–Crippen MR) is 88.3 cm³/mol. The molecule has 7 nitrogen and oxygen atoms in total. The lowest BCUT2D eigenvalue weighted by molar-refractivity contribution is 0.101. The van der Waals surface area contributed by atoms with E-state index >= 15 is 0 Å². The molecular formula is C15H16N2O5S2. The first kappa shape index (κ1) is 18.3. The molecule has 0 aliphatic carbocycles. The van der Waals surface area contributed by atoms with Crippen molar-refractivity contribution in [3.05, 3.63) is 59.7 Å². The quantitative estimate of drug-likeness (QED) is 0.591. The zero-order chi connectivity index (χ0) is 18.0. The minimum atomic E-state index is -4.10. The van der Waals surface area contributed by atoms with Crippen molar-refractivity contribution >= 4 is 25.8 Å². The van der Waals surface area contributed by atoms with Crippen LogP contribution in [0.2, 0.25) is 0 Å². The van der Waals surface area contributed by atoms with E-state index in [4.69, 9.17) is 0 Å². The van der Waals surface area contributed by atoms with Crippen LogP contribution in [-0.2, 0) is 20.0 Å². The van der Waals surface area contributed by atoms with E-state index in [1.165, 1.54) is 43.3 Å². The minimum absolute atomic E-state index is 0.0669. The fourth-order valence-corrected chi connectivity index (χ4v) is 3.92. The second kappa shape index (κ2) is 6.81. The van der Waals surface area contributed by atoms with Gasteiger partial charge >= 0.3 is 0 Å². The SMILES string of the molecule is CC(=O)c1ccc(S(=O)(=O)NNS(=O)(=O)c2ccc(C)cc2)cc1. The Bertz CT molecular complexity index is 948. The van der Waals surface area contributed by atoms with Crippen LogP contribution in [0.5, 0.6) is 0 Å². The van der Waals surface area contributed by atoms with Gasteiger partial charge in [-0.15, -0.1) is 9.66 Å². The van der Waals surface area contributed by atoms with Gasteiger partial charge in [-0.2, -0.15) is 0 Å². The number of aryl methyl sites for hydroxylation is 1. The van der Waals surface area contributed by atoms with Crippen LogP contribution in [-0.4, -0.2) is 22.6 Å². The summed E-state index contributed by atoms with van der Waals surface area (Å²) in [6, 6.07) is 11.1. The number of carbonyl (C=O) groups is 1. The summed E-state index contributed by atoms with van der Waals surface area (Å²) < 4.78 is 48.4. The van der Waals surface area contributed by atoms with Gasteiger partial charge in [0, 0.05) is 5.56 Å². The predicted octanol–water partition coefficient (Wildman–Crippen LogP) is 1.37. The van der Waals surface area contributed by atoms with Gasteiger partial charge in [0.15, 0.2) is 5.78 Å². The van der Waals surface area contributed by atoms with Gasteiger partial charge in [-0.05, 0) is 38.1 Å². The Morgan fingerprint density at radius 1 is 0.750 bits per heavy atom. The number of nitrogens with one attached hydrogen (secondary N) is 2. The van der Waals surface area contributed by atoms with E-state index in [2.05, 4.69) is 0 Å². The molecule has 0 radical (unpaired) electrons. The summed E-state index contributed by atoms with van der Waals surface area (Å²) in [5.41, 5.74) is 1.23. The maximum Gasteiger partial charge on any atom is 0.254 e. The standard InChI is InChI=1S/C15H16N2O5S2/c1-11-3-7-14(8-4-11)23(19,20)16-17-24(21,22)15-9-5-13(6-10-15)12(2)18/h3-10,16-17H,1-2H3. The summed E-state index contributed by atoms with van der Waals surface area (Å²) >= 11 is 0. The maximum atomic E-state index is 12.1. The highest BCUT2D eigenvalue weighted by Crippen LogP contribution is 2.12. The van der Waals surface area contributed by atoms with Crippen molar-refractivity contribution in [2.24, 2.45) is 0 Å². The number of benzene rings is 2. The Labute approximate surface area is 140 Å². The van der Waals surface area contributed by atoms with Crippen LogP contribution >= 0.6 is 0 Å².